The van der Waals surface area contributed by atoms with E-state index in [1.165, 1.54) is 11.3 Å². The molecule has 2 heterocycles. The Morgan fingerprint density at radius 1 is 1.50 bits per heavy atom. The van der Waals surface area contributed by atoms with Gasteiger partial charge in [-0.2, -0.15) is 0 Å². The third kappa shape index (κ3) is 1.62. The molecule has 0 bridgehead atoms. The summed E-state index contributed by atoms with van der Waals surface area (Å²) >= 11 is 1.53. The zero-order valence-electron chi connectivity index (χ0n) is 6.69. The first-order valence-corrected chi connectivity index (χ1v) is 4.72. The summed E-state index contributed by atoms with van der Waals surface area (Å²) in [7, 11) is 5.53. The van der Waals surface area contributed by atoms with Crippen molar-refractivity contribution in [1.29, 1.82) is 0 Å². The van der Waals surface area contributed by atoms with Crippen LogP contribution in [0.2, 0.25) is 0 Å². The summed E-state index contributed by atoms with van der Waals surface area (Å²) in [6.07, 6.45) is 1.82. The lowest BCUT2D eigenvalue weighted by atomic mass is 10.2. The van der Waals surface area contributed by atoms with Crippen LogP contribution in [0.3, 0.4) is 0 Å². The third-order valence-electron chi connectivity index (χ3n) is 1.83. The predicted molar refractivity (Wildman–Crippen MR) is 50.5 cm³/mol. The quantitative estimate of drug-likeness (QED) is 0.558. The van der Waals surface area contributed by atoms with Crippen LogP contribution < -0.4 is 9.81 Å². The maximum atomic E-state index is 5.53. The van der Waals surface area contributed by atoms with Crippen molar-refractivity contribution in [2.75, 3.05) is 31.2 Å². The molecule has 62 valence electrons. The molecule has 2 radical (unpaired) electrons. The second-order valence-corrected chi connectivity index (χ2v) is 3.68. The number of nitrogens with zero attached hydrogens (tertiary/aromatic N) is 2. The molecule has 1 fully saturated rings. The Morgan fingerprint density at radius 3 is 2.83 bits per heavy atom. The summed E-state index contributed by atoms with van der Waals surface area (Å²) in [4.78, 5) is 6.89. The number of ether oxygens (including phenoxy) is 1. The van der Waals surface area contributed by atoms with E-state index in [0.717, 1.165) is 31.3 Å². The normalized spacial score (nSPS) is 18.2. The van der Waals surface area contributed by atoms with Gasteiger partial charge in [-0.05, 0) is 0 Å². The first-order chi connectivity index (χ1) is 5.86. The molecule has 0 unspecified atom stereocenters. The molecule has 5 heteroatoms. The van der Waals surface area contributed by atoms with Crippen molar-refractivity contribution in [3.05, 3.63) is 6.20 Å². The average molecular weight is 180 g/mol. The number of rotatable bonds is 1. The molecule has 0 atom stereocenters. The predicted octanol–water partition coefficient (Wildman–Crippen LogP) is -0.227. The first-order valence-electron chi connectivity index (χ1n) is 3.90. The number of morpholine rings is 1. The summed E-state index contributed by atoms with van der Waals surface area (Å²) in [6, 6.07) is 0. The molecule has 12 heavy (non-hydrogen) atoms. The van der Waals surface area contributed by atoms with E-state index in [1.807, 2.05) is 6.20 Å². The minimum Gasteiger partial charge on any atom is -0.378 e. The fourth-order valence-electron chi connectivity index (χ4n) is 1.21. The Hall–Kier alpha value is -0.545. The molecule has 0 N–H and O–H groups in total. The van der Waals surface area contributed by atoms with Crippen LogP contribution in [0.15, 0.2) is 6.20 Å². The van der Waals surface area contributed by atoms with E-state index in [4.69, 9.17) is 12.6 Å². The largest absolute Gasteiger partial charge is 0.378 e. The Kier molecular flexibility index (Phi) is 2.32. The third-order valence-corrected chi connectivity index (χ3v) is 2.72. The second-order valence-electron chi connectivity index (χ2n) is 2.64. The lowest BCUT2D eigenvalue weighted by molar-refractivity contribution is 0.123. The summed E-state index contributed by atoms with van der Waals surface area (Å²) in [6.45, 7) is 3.50. The summed E-state index contributed by atoms with van der Waals surface area (Å²) in [5.74, 6) is 0. The van der Waals surface area contributed by atoms with Gasteiger partial charge in [0.2, 0.25) is 0 Å². The van der Waals surface area contributed by atoms with Crippen molar-refractivity contribution in [2.24, 2.45) is 0 Å². The summed E-state index contributed by atoms with van der Waals surface area (Å²) in [5.41, 5.74) is 0. The number of thiazole rings is 1. The van der Waals surface area contributed by atoms with Gasteiger partial charge < -0.3 is 9.64 Å². The van der Waals surface area contributed by atoms with Crippen molar-refractivity contribution in [3.8, 4) is 0 Å². The minimum atomic E-state index is 0.636. The van der Waals surface area contributed by atoms with Crippen LogP contribution in [0.4, 0.5) is 5.00 Å². The second kappa shape index (κ2) is 3.45. The maximum Gasteiger partial charge on any atom is 0.157 e. The van der Waals surface area contributed by atoms with Crippen LogP contribution in [-0.4, -0.2) is 39.1 Å². The van der Waals surface area contributed by atoms with Crippen molar-refractivity contribution < 1.29 is 4.74 Å². The monoisotopic (exact) mass is 180 g/mol. The van der Waals surface area contributed by atoms with Crippen LogP contribution in [0.25, 0.3) is 0 Å². The van der Waals surface area contributed by atoms with E-state index in [9.17, 15) is 0 Å². The molecule has 0 spiro atoms. The van der Waals surface area contributed by atoms with E-state index in [2.05, 4.69) is 9.88 Å². The van der Waals surface area contributed by atoms with Crippen molar-refractivity contribution in [1.82, 2.24) is 4.98 Å². The Bertz CT molecular complexity index is 260. The van der Waals surface area contributed by atoms with Gasteiger partial charge in [-0.3, -0.25) is 4.98 Å². The van der Waals surface area contributed by atoms with Gasteiger partial charge in [0.15, 0.2) is 7.85 Å². The molecule has 1 aliphatic rings. The number of hydrogen-bond donors (Lipinski definition) is 0. The zero-order valence-corrected chi connectivity index (χ0v) is 7.51. The van der Waals surface area contributed by atoms with E-state index in [1.54, 1.807) is 0 Å². The molecule has 0 amide bonds. The summed E-state index contributed by atoms with van der Waals surface area (Å²) < 4.78 is 5.24. The number of aromatic nitrogens is 1. The van der Waals surface area contributed by atoms with Gasteiger partial charge in [-0.1, -0.05) is 0 Å². The molecule has 0 saturated carbocycles. The van der Waals surface area contributed by atoms with Crippen LogP contribution in [0, 0.1) is 0 Å². The molecule has 3 nitrogen and oxygen atoms in total. The zero-order chi connectivity index (χ0) is 8.39. The van der Waals surface area contributed by atoms with Crippen LogP contribution in [-0.2, 0) is 4.74 Å². The highest BCUT2D eigenvalue weighted by Crippen LogP contribution is 2.17. The topological polar surface area (TPSA) is 25.4 Å². The van der Waals surface area contributed by atoms with E-state index >= 15 is 0 Å². The van der Waals surface area contributed by atoms with E-state index in [0.29, 0.717) is 4.91 Å². The number of hydrogen-bond acceptors (Lipinski definition) is 4. The van der Waals surface area contributed by atoms with Crippen molar-refractivity contribution in [3.63, 3.8) is 0 Å². The molecule has 1 saturated heterocycles. The highest BCUT2D eigenvalue weighted by Gasteiger charge is 2.12. The van der Waals surface area contributed by atoms with Gasteiger partial charge in [-0.15, -0.1) is 11.3 Å². The van der Waals surface area contributed by atoms with Crippen LogP contribution in [0.5, 0.6) is 0 Å². The highest BCUT2D eigenvalue weighted by atomic mass is 32.1. The van der Waals surface area contributed by atoms with Gasteiger partial charge in [0.05, 0.1) is 19.4 Å². The summed E-state index contributed by atoms with van der Waals surface area (Å²) in [5, 5.41) is 1.15. The molecule has 1 aromatic rings. The fourth-order valence-corrected chi connectivity index (χ4v) is 1.95. The molecular weight excluding hydrogens is 171 g/mol. The average Bonchev–Trinajstić information content (AvgIpc) is 2.54. The van der Waals surface area contributed by atoms with E-state index in [-0.39, 0.29) is 0 Å². The van der Waals surface area contributed by atoms with Gasteiger partial charge in [0.25, 0.3) is 0 Å². The van der Waals surface area contributed by atoms with Crippen molar-refractivity contribution in [2.45, 2.75) is 0 Å². The smallest absolute Gasteiger partial charge is 0.157 e. The highest BCUT2D eigenvalue weighted by molar-refractivity contribution is 7.23. The van der Waals surface area contributed by atoms with Gasteiger partial charge in [0, 0.05) is 18.0 Å². The van der Waals surface area contributed by atoms with Crippen LogP contribution >= 0.6 is 11.3 Å². The first kappa shape index (κ1) is 8.07. The lowest BCUT2D eigenvalue weighted by Gasteiger charge is -2.26. The SMILES string of the molecule is [B]c1ncc(N2CCOCC2)s1. The molecule has 0 aromatic carbocycles. The van der Waals surface area contributed by atoms with Crippen molar-refractivity contribution >= 4 is 29.1 Å². The standard InChI is InChI=1S/C7H9BN2OS/c8-7-9-5-6(12-7)10-1-3-11-4-2-10/h5H,1-4H2. The molecule has 2 rings (SSSR count). The molecule has 1 aliphatic heterocycles. The fraction of sp³-hybridized carbons (Fsp3) is 0.571. The Labute approximate surface area is 76.8 Å². The van der Waals surface area contributed by atoms with E-state index < -0.39 is 0 Å². The molecule has 0 aliphatic carbocycles. The molecule has 1 aromatic heterocycles. The molecular formula is C7H9BN2OS. The maximum absolute atomic E-state index is 5.53. The number of anilines is 1. The van der Waals surface area contributed by atoms with Gasteiger partial charge in [0.1, 0.15) is 5.00 Å². The van der Waals surface area contributed by atoms with Gasteiger partial charge in [-0.25, -0.2) is 0 Å². The minimum absolute atomic E-state index is 0.636. The lowest BCUT2D eigenvalue weighted by Crippen LogP contribution is -2.35. The van der Waals surface area contributed by atoms with Gasteiger partial charge >= 0.3 is 0 Å². The Balaban J connectivity index is 2.08. The Morgan fingerprint density at radius 2 is 2.25 bits per heavy atom. The van der Waals surface area contributed by atoms with Crippen LogP contribution in [0.1, 0.15) is 0 Å².